The second-order valence-electron chi connectivity index (χ2n) is 6.94. The number of ether oxygens (including phenoxy) is 1. The van der Waals surface area contributed by atoms with Crippen LogP contribution in [-0.2, 0) is 6.18 Å². The van der Waals surface area contributed by atoms with Gasteiger partial charge in [-0.25, -0.2) is 15.0 Å². The second kappa shape index (κ2) is 9.43. The molecule has 0 atom stereocenters. The molecule has 34 heavy (non-hydrogen) atoms. The summed E-state index contributed by atoms with van der Waals surface area (Å²) in [4.78, 5) is 28.6. The number of hydrogen-bond donors (Lipinski definition) is 2. The molecule has 0 saturated carbocycles. The number of halogens is 3. The molecular formula is C22H17F3N6O2S. The van der Waals surface area contributed by atoms with Crippen molar-refractivity contribution in [1.82, 2.24) is 19.9 Å². The number of rotatable bonds is 6. The summed E-state index contributed by atoms with van der Waals surface area (Å²) in [7, 11) is 1.51. The quantitative estimate of drug-likeness (QED) is 0.380. The molecule has 0 aliphatic carbocycles. The third kappa shape index (κ3) is 5.12. The van der Waals surface area contributed by atoms with Gasteiger partial charge in [-0.05, 0) is 43.3 Å². The van der Waals surface area contributed by atoms with Crippen LogP contribution < -0.4 is 15.4 Å². The summed E-state index contributed by atoms with van der Waals surface area (Å²) in [6.07, 6.45) is -0.716. The fraction of sp³-hybridized carbons (Fsp3) is 0.136. The zero-order valence-electron chi connectivity index (χ0n) is 17.8. The first kappa shape index (κ1) is 23.1. The average Bonchev–Trinajstić information content (AvgIpc) is 3.21. The SMILES string of the molecule is COc1ccc(Nc2ncc(-c3nc(C)c(C(=O)Nc4cccnc4)s3)c(C(F)(F)F)n2)cc1. The molecule has 0 saturated heterocycles. The van der Waals surface area contributed by atoms with Gasteiger partial charge in [0.15, 0.2) is 5.69 Å². The first-order chi connectivity index (χ1) is 16.2. The van der Waals surface area contributed by atoms with Crippen LogP contribution in [0.1, 0.15) is 21.1 Å². The summed E-state index contributed by atoms with van der Waals surface area (Å²) in [5, 5.41) is 5.38. The van der Waals surface area contributed by atoms with Gasteiger partial charge in [-0.2, -0.15) is 13.2 Å². The van der Waals surface area contributed by atoms with Crippen LogP contribution in [0.4, 0.5) is 30.5 Å². The zero-order chi connectivity index (χ0) is 24.3. The molecule has 0 aliphatic rings. The number of aromatic nitrogens is 4. The van der Waals surface area contributed by atoms with Gasteiger partial charge < -0.3 is 15.4 Å². The standard InChI is InChI=1S/C22H17F3N6O2S/c1-12-17(19(32)29-14-4-3-9-26-10-14)34-20(28-12)16-11-27-21(31-18(16)22(23,24)25)30-13-5-7-15(33-2)8-6-13/h3-11H,1-2H3,(H,29,32)(H,27,30,31). The van der Waals surface area contributed by atoms with Gasteiger partial charge in [0.1, 0.15) is 15.6 Å². The average molecular weight is 486 g/mol. The molecule has 1 aromatic carbocycles. The van der Waals surface area contributed by atoms with Crippen LogP contribution in [0.15, 0.2) is 55.0 Å². The molecular weight excluding hydrogens is 469 g/mol. The number of nitrogens with zero attached hydrogens (tertiary/aromatic N) is 4. The van der Waals surface area contributed by atoms with Crippen molar-refractivity contribution in [3.8, 4) is 16.3 Å². The summed E-state index contributed by atoms with van der Waals surface area (Å²) in [6.45, 7) is 1.55. The number of anilines is 3. The highest BCUT2D eigenvalue weighted by Gasteiger charge is 2.37. The summed E-state index contributed by atoms with van der Waals surface area (Å²) in [5.41, 5.74) is -0.251. The van der Waals surface area contributed by atoms with Crippen LogP contribution in [0.2, 0.25) is 0 Å². The van der Waals surface area contributed by atoms with E-state index < -0.39 is 17.8 Å². The minimum absolute atomic E-state index is 0.0165. The maximum atomic E-state index is 13.9. The summed E-state index contributed by atoms with van der Waals surface area (Å²) in [5.74, 6) is -0.133. The van der Waals surface area contributed by atoms with Crippen molar-refractivity contribution < 1.29 is 22.7 Å². The number of hydrogen-bond acceptors (Lipinski definition) is 8. The van der Waals surface area contributed by atoms with Gasteiger partial charge in [0.05, 0.1) is 30.3 Å². The van der Waals surface area contributed by atoms with Crippen LogP contribution in [0, 0.1) is 6.92 Å². The van der Waals surface area contributed by atoms with Crippen LogP contribution in [0.3, 0.4) is 0 Å². The lowest BCUT2D eigenvalue weighted by atomic mass is 10.2. The molecule has 0 aliphatic heterocycles. The molecule has 3 heterocycles. The van der Waals surface area contributed by atoms with Gasteiger partial charge in [0.25, 0.3) is 5.91 Å². The van der Waals surface area contributed by atoms with Crippen molar-refractivity contribution in [2.75, 3.05) is 17.7 Å². The van der Waals surface area contributed by atoms with Gasteiger partial charge in [0, 0.05) is 18.1 Å². The Morgan fingerprint density at radius 1 is 1.06 bits per heavy atom. The molecule has 4 rings (SSSR count). The minimum Gasteiger partial charge on any atom is -0.497 e. The van der Waals surface area contributed by atoms with Gasteiger partial charge >= 0.3 is 6.18 Å². The van der Waals surface area contributed by atoms with Crippen molar-refractivity contribution in [2.24, 2.45) is 0 Å². The van der Waals surface area contributed by atoms with Crippen LogP contribution >= 0.6 is 11.3 Å². The maximum absolute atomic E-state index is 13.9. The Morgan fingerprint density at radius 2 is 1.82 bits per heavy atom. The Hall–Kier alpha value is -4.06. The minimum atomic E-state index is -4.77. The van der Waals surface area contributed by atoms with E-state index in [9.17, 15) is 18.0 Å². The van der Waals surface area contributed by atoms with Crippen LogP contribution in [0.5, 0.6) is 5.75 Å². The number of nitrogens with one attached hydrogen (secondary N) is 2. The number of carbonyl (C=O) groups excluding carboxylic acids is 1. The van der Waals surface area contributed by atoms with Crippen LogP contribution in [0.25, 0.3) is 10.6 Å². The Kier molecular flexibility index (Phi) is 6.41. The Morgan fingerprint density at radius 3 is 2.47 bits per heavy atom. The molecule has 0 radical (unpaired) electrons. The van der Waals surface area contributed by atoms with Crippen molar-refractivity contribution in [1.29, 1.82) is 0 Å². The third-order valence-corrected chi connectivity index (χ3v) is 5.75. The Labute approximate surface area is 195 Å². The molecule has 0 unspecified atom stereocenters. The number of carbonyl (C=O) groups is 1. The van der Waals surface area contributed by atoms with E-state index in [4.69, 9.17) is 4.74 Å². The van der Waals surface area contributed by atoms with E-state index in [2.05, 4.69) is 30.6 Å². The topological polar surface area (TPSA) is 102 Å². The Bertz CT molecular complexity index is 1310. The first-order valence-corrected chi connectivity index (χ1v) is 10.6. The first-order valence-electron chi connectivity index (χ1n) is 9.79. The molecule has 12 heteroatoms. The van der Waals surface area contributed by atoms with Gasteiger partial charge in [-0.15, -0.1) is 11.3 Å². The molecule has 174 valence electrons. The number of alkyl halides is 3. The fourth-order valence-electron chi connectivity index (χ4n) is 2.96. The number of aryl methyl sites for hydroxylation is 1. The van der Waals surface area contributed by atoms with Crippen molar-refractivity contribution in [2.45, 2.75) is 13.1 Å². The molecule has 0 bridgehead atoms. The molecule has 0 fully saturated rings. The number of amides is 1. The van der Waals surface area contributed by atoms with Crippen LogP contribution in [-0.4, -0.2) is 33.0 Å². The summed E-state index contributed by atoms with van der Waals surface area (Å²) < 4.78 is 46.6. The molecule has 3 aromatic heterocycles. The highest BCUT2D eigenvalue weighted by Crippen LogP contribution is 2.38. The second-order valence-corrected chi connectivity index (χ2v) is 7.94. The lowest BCUT2D eigenvalue weighted by Crippen LogP contribution is -2.12. The lowest BCUT2D eigenvalue weighted by Gasteiger charge is -2.12. The zero-order valence-corrected chi connectivity index (χ0v) is 18.7. The van der Waals surface area contributed by atoms with E-state index in [1.54, 1.807) is 49.5 Å². The summed E-state index contributed by atoms with van der Waals surface area (Å²) >= 11 is 0.826. The number of benzene rings is 1. The normalized spacial score (nSPS) is 11.2. The van der Waals surface area contributed by atoms with E-state index in [0.717, 1.165) is 17.5 Å². The molecule has 1 amide bonds. The molecule has 8 nitrogen and oxygen atoms in total. The highest BCUT2D eigenvalue weighted by atomic mass is 32.1. The lowest BCUT2D eigenvalue weighted by molar-refractivity contribution is -0.140. The molecule has 2 N–H and O–H groups in total. The van der Waals surface area contributed by atoms with Gasteiger partial charge in [-0.3, -0.25) is 9.78 Å². The monoisotopic (exact) mass is 486 g/mol. The number of thiazole rings is 1. The van der Waals surface area contributed by atoms with E-state index in [1.807, 2.05) is 0 Å². The predicted molar refractivity (Wildman–Crippen MR) is 121 cm³/mol. The van der Waals surface area contributed by atoms with Gasteiger partial charge in [-0.1, -0.05) is 0 Å². The van der Waals surface area contributed by atoms with Gasteiger partial charge in [0.2, 0.25) is 5.95 Å². The fourth-order valence-corrected chi connectivity index (χ4v) is 3.94. The predicted octanol–water partition coefficient (Wildman–Crippen LogP) is 5.33. The number of methoxy groups -OCH3 is 1. The van der Waals surface area contributed by atoms with Crippen molar-refractivity contribution in [3.63, 3.8) is 0 Å². The highest BCUT2D eigenvalue weighted by molar-refractivity contribution is 7.17. The van der Waals surface area contributed by atoms with Crippen molar-refractivity contribution >= 4 is 34.6 Å². The summed E-state index contributed by atoms with van der Waals surface area (Å²) in [6, 6.07) is 9.85. The maximum Gasteiger partial charge on any atom is 0.434 e. The van der Waals surface area contributed by atoms with E-state index in [1.165, 1.54) is 13.3 Å². The van der Waals surface area contributed by atoms with E-state index >= 15 is 0 Å². The molecule has 0 spiro atoms. The van der Waals surface area contributed by atoms with E-state index in [0.29, 0.717) is 17.1 Å². The molecule has 4 aromatic rings. The number of pyridine rings is 1. The largest absolute Gasteiger partial charge is 0.497 e. The third-order valence-electron chi connectivity index (χ3n) is 4.56. The Balaban J connectivity index is 1.64. The van der Waals surface area contributed by atoms with E-state index in [-0.39, 0.29) is 27.1 Å². The van der Waals surface area contributed by atoms with Crippen molar-refractivity contribution in [3.05, 3.63) is 71.3 Å². The smallest absolute Gasteiger partial charge is 0.434 e.